The fourth-order valence-corrected chi connectivity index (χ4v) is 2.75. The number of halogens is 2. The molecule has 0 heterocycles. The Kier molecular flexibility index (Phi) is 3.07. The third-order valence-corrected chi connectivity index (χ3v) is 3.73. The van der Waals surface area contributed by atoms with Gasteiger partial charge in [-0.05, 0) is 41.7 Å². The smallest absolute Gasteiger partial charge is 0.126 e. The molecule has 0 saturated carbocycles. The van der Waals surface area contributed by atoms with E-state index in [9.17, 15) is 13.9 Å². The summed E-state index contributed by atoms with van der Waals surface area (Å²) in [4.78, 5) is 0. The Labute approximate surface area is 110 Å². The number of hydrogen-bond donors (Lipinski definition) is 1. The maximum atomic E-state index is 13.1. The molecule has 0 spiro atoms. The van der Waals surface area contributed by atoms with Gasteiger partial charge >= 0.3 is 0 Å². The molecule has 1 N–H and O–H groups in total. The standard InChI is InChI=1S/C16H14F2O/c17-12-5-10(6-13(18)9-12)7-16(19)15-8-11-3-1-2-4-14(11)15/h1-6,9,15-16,19H,7-8H2. The minimum atomic E-state index is -0.601. The molecule has 2 aromatic rings. The molecule has 0 bridgehead atoms. The lowest BCUT2D eigenvalue weighted by Gasteiger charge is -2.34. The van der Waals surface area contributed by atoms with Gasteiger partial charge in [0.1, 0.15) is 11.6 Å². The molecular formula is C16H14F2O. The van der Waals surface area contributed by atoms with E-state index in [4.69, 9.17) is 0 Å². The molecule has 2 unspecified atom stereocenters. The summed E-state index contributed by atoms with van der Waals surface area (Å²) >= 11 is 0. The molecule has 2 atom stereocenters. The highest BCUT2D eigenvalue weighted by atomic mass is 19.1. The van der Waals surface area contributed by atoms with E-state index in [0.717, 1.165) is 18.1 Å². The second kappa shape index (κ2) is 4.74. The van der Waals surface area contributed by atoms with Crippen LogP contribution in [0.4, 0.5) is 8.78 Å². The van der Waals surface area contributed by atoms with Crippen LogP contribution in [0.3, 0.4) is 0 Å². The van der Waals surface area contributed by atoms with Crippen molar-refractivity contribution in [2.75, 3.05) is 0 Å². The van der Waals surface area contributed by atoms with Gasteiger partial charge in [-0.25, -0.2) is 8.78 Å². The Hall–Kier alpha value is -1.74. The monoisotopic (exact) mass is 260 g/mol. The molecular weight excluding hydrogens is 246 g/mol. The van der Waals surface area contributed by atoms with Gasteiger partial charge in [0.05, 0.1) is 6.10 Å². The number of rotatable bonds is 3. The van der Waals surface area contributed by atoms with E-state index in [1.54, 1.807) is 0 Å². The molecule has 19 heavy (non-hydrogen) atoms. The predicted octanol–water partition coefficient (Wildman–Crippen LogP) is 3.21. The van der Waals surface area contributed by atoms with Gasteiger partial charge < -0.3 is 5.11 Å². The van der Waals surface area contributed by atoms with Crippen molar-refractivity contribution in [1.82, 2.24) is 0 Å². The molecule has 0 radical (unpaired) electrons. The Morgan fingerprint density at radius 2 is 1.79 bits per heavy atom. The first-order valence-corrected chi connectivity index (χ1v) is 6.34. The average molecular weight is 260 g/mol. The van der Waals surface area contributed by atoms with Crippen LogP contribution >= 0.6 is 0 Å². The van der Waals surface area contributed by atoms with Crippen LogP contribution in [0, 0.1) is 11.6 Å². The summed E-state index contributed by atoms with van der Waals surface area (Å²) < 4.78 is 26.2. The Morgan fingerprint density at radius 3 is 2.47 bits per heavy atom. The van der Waals surface area contributed by atoms with Gasteiger partial charge in [0.15, 0.2) is 0 Å². The van der Waals surface area contributed by atoms with E-state index in [1.807, 2.05) is 24.3 Å². The van der Waals surface area contributed by atoms with Crippen LogP contribution in [0.25, 0.3) is 0 Å². The normalized spacial score (nSPS) is 18.6. The summed E-state index contributed by atoms with van der Waals surface area (Å²) in [5.41, 5.74) is 2.89. The maximum absolute atomic E-state index is 13.1. The summed E-state index contributed by atoms with van der Waals surface area (Å²) in [6, 6.07) is 11.4. The zero-order chi connectivity index (χ0) is 13.4. The highest BCUT2D eigenvalue weighted by molar-refractivity contribution is 5.41. The molecule has 0 aromatic heterocycles. The lowest BCUT2D eigenvalue weighted by Crippen LogP contribution is -2.30. The van der Waals surface area contributed by atoms with E-state index in [-0.39, 0.29) is 12.3 Å². The summed E-state index contributed by atoms with van der Waals surface area (Å²) in [5, 5.41) is 10.2. The van der Waals surface area contributed by atoms with Gasteiger partial charge in [0, 0.05) is 12.0 Å². The molecule has 1 aliphatic rings. The lowest BCUT2D eigenvalue weighted by atomic mass is 9.73. The van der Waals surface area contributed by atoms with E-state index < -0.39 is 17.7 Å². The Bertz CT molecular complexity index is 589. The lowest BCUT2D eigenvalue weighted by molar-refractivity contribution is 0.133. The second-order valence-electron chi connectivity index (χ2n) is 5.06. The molecule has 0 fully saturated rings. The van der Waals surface area contributed by atoms with Gasteiger partial charge in [-0.1, -0.05) is 24.3 Å². The van der Waals surface area contributed by atoms with Crippen molar-refractivity contribution in [3.05, 3.63) is 70.8 Å². The fourth-order valence-electron chi connectivity index (χ4n) is 2.75. The topological polar surface area (TPSA) is 20.2 Å². The van der Waals surface area contributed by atoms with E-state index in [2.05, 4.69) is 0 Å². The van der Waals surface area contributed by atoms with Crippen molar-refractivity contribution in [3.8, 4) is 0 Å². The number of aliphatic hydroxyl groups is 1. The van der Waals surface area contributed by atoms with Crippen LogP contribution in [-0.2, 0) is 12.8 Å². The van der Waals surface area contributed by atoms with Crippen molar-refractivity contribution in [2.45, 2.75) is 24.9 Å². The van der Waals surface area contributed by atoms with Gasteiger partial charge in [-0.3, -0.25) is 0 Å². The molecule has 0 aliphatic heterocycles. The largest absolute Gasteiger partial charge is 0.392 e. The molecule has 0 saturated heterocycles. The molecule has 2 aromatic carbocycles. The highest BCUT2D eigenvalue weighted by Crippen LogP contribution is 2.38. The number of benzene rings is 2. The van der Waals surface area contributed by atoms with Crippen LogP contribution in [0.1, 0.15) is 22.6 Å². The first-order valence-electron chi connectivity index (χ1n) is 6.34. The second-order valence-corrected chi connectivity index (χ2v) is 5.06. The van der Waals surface area contributed by atoms with Crippen LogP contribution in [0.2, 0.25) is 0 Å². The average Bonchev–Trinajstić information content (AvgIpc) is 2.29. The van der Waals surface area contributed by atoms with Gasteiger partial charge in [-0.2, -0.15) is 0 Å². The number of hydrogen-bond acceptors (Lipinski definition) is 1. The summed E-state index contributed by atoms with van der Waals surface area (Å²) in [7, 11) is 0. The summed E-state index contributed by atoms with van der Waals surface area (Å²) in [6.07, 6.45) is 0.499. The van der Waals surface area contributed by atoms with Crippen LogP contribution in [0.5, 0.6) is 0 Å². The van der Waals surface area contributed by atoms with Crippen LogP contribution in [-0.4, -0.2) is 11.2 Å². The fraction of sp³-hybridized carbons (Fsp3) is 0.250. The van der Waals surface area contributed by atoms with E-state index >= 15 is 0 Å². The zero-order valence-electron chi connectivity index (χ0n) is 10.3. The van der Waals surface area contributed by atoms with Crippen molar-refractivity contribution < 1.29 is 13.9 Å². The van der Waals surface area contributed by atoms with Crippen LogP contribution < -0.4 is 0 Å². The molecule has 3 rings (SSSR count). The zero-order valence-corrected chi connectivity index (χ0v) is 10.3. The molecule has 0 amide bonds. The first kappa shape index (κ1) is 12.3. The molecule has 1 aliphatic carbocycles. The molecule has 98 valence electrons. The molecule has 3 heteroatoms. The first-order chi connectivity index (χ1) is 9.13. The third-order valence-electron chi connectivity index (χ3n) is 3.73. The highest BCUT2D eigenvalue weighted by Gasteiger charge is 2.31. The minimum Gasteiger partial charge on any atom is -0.392 e. The quantitative estimate of drug-likeness (QED) is 0.898. The van der Waals surface area contributed by atoms with Gasteiger partial charge in [-0.15, -0.1) is 0 Å². The minimum absolute atomic E-state index is 0.0718. The van der Waals surface area contributed by atoms with Crippen molar-refractivity contribution in [2.24, 2.45) is 0 Å². The van der Waals surface area contributed by atoms with Gasteiger partial charge in [0.25, 0.3) is 0 Å². The third kappa shape index (κ3) is 2.38. The SMILES string of the molecule is OC(Cc1cc(F)cc(F)c1)C1Cc2ccccc21. The van der Waals surface area contributed by atoms with Gasteiger partial charge in [0.2, 0.25) is 0 Å². The van der Waals surface area contributed by atoms with Crippen molar-refractivity contribution in [3.63, 3.8) is 0 Å². The predicted molar refractivity (Wildman–Crippen MR) is 69.0 cm³/mol. The Balaban J connectivity index is 1.75. The van der Waals surface area contributed by atoms with E-state index in [1.165, 1.54) is 17.7 Å². The van der Waals surface area contributed by atoms with Crippen molar-refractivity contribution >= 4 is 0 Å². The Morgan fingerprint density at radius 1 is 1.11 bits per heavy atom. The summed E-state index contributed by atoms with van der Waals surface area (Å²) in [5.74, 6) is -1.13. The number of fused-ring (bicyclic) bond motifs is 1. The van der Waals surface area contributed by atoms with Crippen LogP contribution in [0.15, 0.2) is 42.5 Å². The van der Waals surface area contributed by atoms with E-state index in [0.29, 0.717) is 5.56 Å². The summed E-state index contributed by atoms with van der Waals surface area (Å²) in [6.45, 7) is 0. The van der Waals surface area contributed by atoms with Crippen molar-refractivity contribution in [1.29, 1.82) is 0 Å². The maximum Gasteiger partial charge on any atom is 0.126 e. The number of aliphatic hydroxyl groups excluding tert-OH is 1. The molecule has 1 nitrogen and oxygen atoms in total.